The number of thiophene rings is 1. The molecule has 0 aliphatic heterocycles. The van der Waals surface area contributed by atoms with Gasteiger partial charge in [0, 0.05) is 12.1 Å². The summed E-state index contributed by atoms with van der Waals surface area (Å²) >= 11 is 1.17. The molecule has 0 radical (unpaired) electrons. The van der Waals surface area contributed by atoms with Gasteiger partial charge in [-0.2, -0.15) is 0 Å². The first-order chi connectivity index (χ1) is 8.53. The molecule has 1 aliphatic carbocycles. The van der Waals surface area contributed by atoms with Crippen LogP contribution in [0.15, 0.2) is 15.7 Å². The highest BCUT2D eigenvalue weighted by atomic mass is 35.5. The quantitative estimate of drug-likeness (QED) is 0.882. The highest BCUT2D eigenvalue weighted by molar-refractivity contribution is 7.91. The molecule has 0 saturated heterocycles. The fourth-order valence-electron chi connectivity index (χ4n) is 2.14. The lowest BCUT2D eigenvalue weighted by Crippen LogP contribution is -2.40. The van der Waals surface area contributed by atoms with Crippen LogP contribution in [0.4, 0.5) is 0 Å². The fourth-order valence-corrected chi connectivity index (χ4v) is 4.74. The Morgan fingerprint density at radius 3 is 2.58 bits per heavy atom. The van der Waals surface area contributed by atoms with E-state index in [-0.39, 0.29) is 28.7 Å². The van der Waals surface area contributed by atoms with Crippen LogP contribution in [0.25, 0.3) is 0 Å². The van der Waals surface area contributed by atoms with Crippen LogP contribution < -0.4 is 15.2 Å². The summed E-state index contributed by atoms with van der Waals surface area (Å²) in [5, 5.41) is 1.71. The number of nitrogens with two attached hydrogens (primary N) is 1. The third-order valence-electron chi connectivity index (χ3n) is 3.15. The largest absolute Gasteiger partial charge is 0.494 e. The van der Waals surface area contributed by atoms with E-state index < -0.39 is 10.0 Å². The summed E-state index contributed by atoms with van der Waals surface area (Å²) in [7, 11) is -2.00. The molecule has 0 unspecified atom stereocenters. The summed E-state index contributed by atoms with van der Waals surface area (Å²) < 4.78 is 32.5. The molecule has 1 aromatic heterocycles. The van der Waals surface area contributed by atoms with Gasteiger partial charge in [-0.05, 0) is 37.1 Å². The molecule has 5 nitrogen and oxygen atoms in total. The average Bonchev–Trinajstić information content (AvgIpc) is 2.81. The maximum Gasteiger partial charge on any atom is 0.254 e. The Balaban J connectivity index is 0.00000180. The van der Waals surface area contributed by atoms with Crippen LogP contribution in [0.3, 0.4) is 0 Å². The molecular weight excluding hydrogens is 308 g/mol. The van der Waals surface area contributed by atoms with Gasteiger partial charge >= 0.3 is 0 Å². The van der Waals surface area contributed by atoms with Gasteiger partial charge in [0.2, 0.25) is 0 Å². The Hall–Kier alpha value is -0.340. The van der Waals surface area contributed by atoms with E-state index >= 15 is 0 Å². The Morgan fingerprint density at radius 2 is 2.00 bits per heavy atom. The summed E-state index contributed by atoms with van der Waals surface area (Å²) in [6.07, 6.45) is 3.34. The van der Waals surface area contributed by atoms with Gasteiger partial charge in [-0.25, -0.2) is 13.1 Å². The smallest absolute Gasteiger partial charge is 0.254 e. The molecule has 0 aromatic carbocycles. The van der Waals surface area contributed by atoms with Gasteiger partial charge in [-0.3, -0.25) is 0 Å². The third-order valence-corrected chi connectivity index (χ3v) is 6.12. The van der Waals surface area contributed by atoms with E-state index in [4.69, 9.17) is 10.5 Å². The number of rotatable bonds is 4. The van der Waals surface area contributed by atoms with Crippen molar-refractivity contribution in [3.63, 3.8) is 0 Å². The van der Waals surface area contributed by atoms with E-state index in [0.717, 1.165) is 25.7 Å². The van der Waals surface area contributed by atoms with Crippen LogP contribution in [0.1, 0.15) is 25.7 Å². The van der Waals surface area contributed by atoms with Gasteiger partial charge in [0.1, 0.15) is 5.75 Å². The zero-order chi connectivity index (χ0) is 13.2. The van der Waals surface area contributed by atoms with Gasteiger partial charge in [0.25, 0.3) is 10.0 Å². The van der Waals surface area contributed by atoms with Crippen molar-refractivity contribution < 1.29 is 13.2 Å². The van der Waals surface area contributed by atoms with Crippen LogP contribution in [-0.2, 0) is 10.0 Å². The first-order valence-corrected chi connectivity index (χ1v) is 8.28. The molecule has 1 fully saturated rings. The summed E-state index contributed by atoms with van der Waals surface area (Å²) in [5.74, 6) is 0.403. The van der Waals surface area contributed by atoms with Crippen LogP contribution in [-0.4, -0.2) is 27.6 Å². The minimum absolute atomic E-state index is 0. The summed E-state index contributed by atoms with van der Waals surface area (Å²) in [4.78, 5) is 0. The minimum Gasteiger partial charge on any atom is -0.494 e. The van der Waals surface area contributed by atoms with Crippen molar-refractivity contribution in [2.75, 3.05) is 7.11 Å². The molecule has 0 bridgehead atoms. The molecular formula is C11H19ClN2O3S2. The average molecular weight is 327 g/mol. The highest BCUT2D eigenvalue weighted by Crippen LogP contribution is 2.30. The first-order valence-electron chi connectivity index (χ1n) is 5.92. The topological polar surface area (TPSA) is 81.4 Å². The number of hydrogen-bond donors (Lipinski definition) is 2. The van der Waals surface area contributed by atoms with Gasteiger partial charge in [0.05, 0.1) is 7.11 Å². The summed E-state index contributed by atoms with van der Waals surface area (Å²) in [6, 6.07) is 1.86. The molecule has 0 atom stereocenters. The number of halogens is 1. The standard InChI is InChI=1S/C11H18N2O3S2.ClH/c1-16-10-6-7-17-11(10)18(14,15)13-9-4-2-8(12)3-5-9;/h6-9,13H,2-5,12H2,1H3;1H. The molecule has 0 amide bonds. The molecule has 1 aromatic rings. The second kappa shape index (κ2) is 6.90. The Kier molecular flexibility index (Phi) is 6.07. The number of ether oxygens (including phenoxy) is 1. The predicted octanol–water partition coefficient (Wildman–Crippen LogP) is 1.73. The molecule has 110 valence electrons. The van der Waals surface area contributed by atoms with Crippen LogP contribution in [0, 0.1) is 0 Å². The molecule has 1 saturated carbocycles. The van der Waals surface area contributed by atoms with E-state index in [0.29, 0.717) is 5.75 Å². The van der Waals surface area contributed by atoms with Gasteiger partial charge < -0.3 is 10.5 Å². The molecule has 0 spiro atoms. The van der Waals surface area contributed by atoms with Crippen molar-refractivity contribution in [2.45, 2.75) is 42.0 Å². The molecule has 8 heteroatoms. The Labute approximate surface area is 124 Å². The van der Waals surface area contributed by atoms with Crippen molar-refractivity contribution in [1.82, 2.24) is 4.72 Å². The SMILES string of the molecule is COc1ccsc1S(=O)(=O)NC1CCC(N)CC1.Cl. The van der Waals surface area contributed by atoms with E-state index in [1.807, 2.05) is 0 Å². The van der Waals surface area contributed by atoms with Gasteiger partial charge in [-0.1, -0.05) is 0 Å². The summed E-state index contributed by atoms with van der Waals surface area (Å²) in [5.41, 5.74) is 5.81. The summed E-state index contributed by atoms with van der Waals surface area (Å²) in [6.45, 7) is 0. The number of nitrogens with one attached hydrogen (secondary N) is 1. The molecule has 1 heterocycles. The minimum atomic E-state index is -3.47. The van der Waals surface area contributed by atoms with Gasteiger partial charge in [0.15, 0.2) is 4.21 Å². The first kappa shape index (κ1) is 16.7. The molecule has 2 rings (SSSR count). The third kappa shape index (κ3) is 4.06. The van der Waals surface area contributed by atoms with E-state index in [2.05, 4.69) is 4.72 Å². The number of hydrogen-bond acceptors (Lipinski definition) is 5. The van der Waals surface area contributed by atoms with Crippen molar-refractivity contribution in [3.8, 4) is 5.75 Å². The normalized spacial score (nSPS) is 23.7. The maximum atomic E-state index is 12.2. The van der Waals surface area contributed by atoms with Crippen LogP contribution >= 0.6 is 23.7 Å². The van der Waals surface area contributed by atoms with Gasteiger partial charge in [-0.15, -0.1) is 23.7 Å². The van der Waals surface area contributed by atoms with Crippen molar-refractivity contribution in [2.24, 2.45) is 5.73 Å². The maximum absolute atomic E-state index is 12.2. The Bertz CT molecular complexity index is 496. The molecule has 3 N–H and O–H groups in total. The highest BCUT2D eigenvalue weighted by Gasteiger charge is 2.27. The molecule has 1 aliphatic rings. The monoisotopic (exact) mass is 326 g/mol. The van der Waals surface area contributed by atoms with Crippen LogP contribution in [0.2, 0.25) is 0 Å². The lowest BCUT2D eigenvalue weighted by atomic mass is 9.93. The lowest BCUT2D eigenvalue weighted by Gasteiger charge is -2.26. The second-order valence-corrected chi connectivity index (χ2v) is 7.33. The Morgan fingerprint density at radius 1 is 1.37 bits per heavy atom. The zero-order valence-corrected chi connectivity index (χ0v) is 13.1. The van der Waals surface area contributed by atoms with Crippen LogP contribution in [0.5, 0.6) is 5.75 Å². The van der Waals surface area contributed by atoms with Crippen molar-refractivity contribution in [3.05, 3.63) is 11.4 Å². The lowest BCUT2D eigenvalue weighted by molar-refractivity contribution is 0.372. The van der Waals surface area contributed by atoms with E-state index in [1.165, 1.54) is 18.4 Å². The second-order valence-electron chi connectivity index (χ2n) is 4.51. The predicted molar refractivity (Wildman–Crippen MR) is 78.7 cm³/mol. The van der Waals surface area contributed by atoms with Crippen molar-refractivity contribution >= 4 is 33.8 Å². The van der Waals surface area contributed by atoms with E-state index in [1.54, 1.807) is 11.4 Å². The van der Waals surface area contributed by atoms with E-state index in [9.17, 15) is 8.42 Å². The fraction of sp³-hybridized carbons (Fsp3) is 0.636. The number of sulfonamides is 1. The molecule has 19 heavy (non-hydrogen) atoms. The number of methoxy groups -OCH3 is 1. The van der Waals surface area contributed by atoms with Crippen molar-refractivity contribution in [1.29, 1.82) is 0 Å². The zero-order valence-electron chi connectivity index (χ0n) is 10.7.